The van der Waals surface area contributed by atoms with Crippen LogP contribution in [-0.4, -0.2) is 29.7 Å². The summed E-state index contributed by atoms with van der Waals surface area (Å²) in [6.07, 6.45) is 0.0375. The van der Waals surface area contributed by atoms with Crippen LogP contribution in [0.5, 0.6) is 11.5 Å². The number of ether oxygens (including phenoxy) is 1. The number of nitrogens with one attached hydrogen (secondary N) is 2. The first kappa shape index (κ1) is 15.5. The van der Waals surface area contributed by atoms with Gasteiger partial charge in [-0.25, -0.2) is 0 Å². The van der Waals surface area contributed by atoms with E-state index in [4.69, 9.17) is 4.74 Å². The molecule has 3 N–H and O–H groups in total. The number of hydrogen-bond donors (Lipinski definition) is 3. The fourth-order valence-electron chi connectivity index (χ4n) is 2.53. The van der Waals surface area contributed by atoms with Crippen molar-refractivity contribution in [3.05, 3.63) is 60.2 Å². The Morgan fingerprint density at radius 3 is 2.48 bits per heavy atom. The van der Waals surface area contributed by atoms with Gasteiger partial charge in [-0.2, -0.15) is 0 Å². The number of rotatable bonds is 5. The average Bonchev–Trinajstić information content (AvgIpc) is 3.01. The molecular weight excluding hydrogens is 292 g/mol. The lowest BCUT2D eigenvalue weighted by Gasteiger charge is -2.11. The molecule has 1 heterocycles. The van der Waals surface area contributed by atoms with E-state index in [9.17, 15) is 9.90 Å². The van der Waals surface area contributed by atoms with Crippen LogP contribution in [0, 0.1) is 0 Å². The number of benzene rings is 2. The summed E-state index contributed by atoms with van der Waals surface area (Å²) in [5.74, 6) is 1.47. The first-order chi connectivity index (χ1) is 11.2. The third kappa shape index (κ3) is 4.31. The lowest BCUT2D eigenvalue weighted by molar-refractivity contribution is -0.123. The van der Waals surface area contributed by atoms with Crippen LogP contribution in [0.2, 0.25) is 0 Å². The maximum absolute atomic E-state index is 12.0. The molecule has 0 radical (unpaired) electrons. The van der Waals surface area contributed by atoms with E-state index in [1.54, 1.807) is 0 Å². The quantitative estimate of drug-likeness (QED) is 0.787. The number of para-hydroxylation sites is 1. The van der Waals surface area contributed by atoms with Gasteiger partial charge in [0.1, 0.15) is 11.5 Å². The van der Waals surface area contributed by atoms with Crippen LogP contribution >= 0.6 is 0 Å². The maximum Gasteiger partial charge on any atom is 0.237 e. The van der Waals surface area contributed by atoms with E-state index in [-0.39, 0.29) is 11.9 Å². The van der Waals surface area contributed by atoms with Crippen molar-refractivity contribution in [2.75, 3.05) is 6.54 Å². The van der Waals surface area contributed by atoms with E-state index in [0.717, 1.165) is 17.1 Å². The number of carbonyl (C=O) groups excluding carboxylic acids is 1. The van der Waals surface area contributed by atoms with Crippen molar-refractivity contribution in [2.24, 2.45) is 0 Å². The summed E-state index contributed by atoms with van der Waals surface area (Å²) in [4.78, 5) is 12.0. The summed E-state index contributed by atoms with van der Waals surface area (Å²) in [6, 6.07) is 16.9. The minimum Gasteiger partial charge on any atom is -0.457 e. The van der Waals surface area contributed by atoms with Gasteiger partial charge >= 0.3 is 0 Å². The molecule has 1 amide bonds. The number of amides is 1. The van der Waals surface area contributed by atoms with Crippen molar-refractivity contribution in [1.82, 2.24) is 10.6 Å². The fourth-order valence-corrected chi connectivity index (χ4v) is 2.53. The van der Waals surface area contributed by atoms with Gasteiger partial charge in [0.05, 0.1) is 12.1 Å². The van der Waals surface area contributed by atoms with Crippen LogP contribution in [0.25, 0.3) is 0 Å². The molecule has 2 aromatic rings. The lowest BCUT2D eigenvalue weighted by atomic mass is 10.1. The highest BCUT2D eigenvalue weighted by Crippen LogP contribution is 2.21. The molecule has 120 valence electrons. The van der Waals surface area contributed by atoms with Gasteiger partial charge in [0, 0.05) is 13.1 Å². The van der Waals surface area contributed by atoms with Gasteiger partial charge in [-0.15, -0.1) is 0 Å². The molecule has 0 saturated carbocycles. The van der Waals surface area contributed by atoms with Crippen LogP contribution in [0.15, 0.2) is 54.6 Å². The van der Waals surface area contributed by atoms with Crippen molar-refractivity contribution in [3.63, 3.8) is 0 Å². The fraction of sp³-hybridized carbons (Fsp3) is 0.278. The van der Waals surface area contributed by atoms with Gasteiger partial charge in [-0.1, -0.05) is 30.3 Å². The van der Waals surface area contributed by atoms with E-state index >= 15 is 0 Å². The summed E-state index contributed by atoms with van der Waals surface area (Å²) in [7, 11) is 0. The SMILES string of the molecule is O=C(NCc1ccc(Oc2ccccc2)cc1)C1CC(O)CN1. The molecule has 0 aromatic heterocycles. The maximum atomic E-state index is 12.0. The van der Waals surface area contributed by atoms with E-state index in [2.05, 4.69) is 10.6 Å². The molecule has 2 atom stereocenters. The Labute approximate surface area is 135 Å². The Balaban J connectivity index is 1.50. The zero-order chi connectivity index (χ0) is 16.1. The lowest BCUT2D eigenvalue weighted by Crippen LogP contribution is -2.39. The minimum atomic E-state index is -0.430. The molecule has 0 spiro atoms. The van der Waals surface area contributed by atoms with Crippen LogP contribution in [0.1, 0.15) is 12.0 Å². The third-order valence-electron chi connectivity index (χ3n) is 3.79. The third-order valence-corrected chi connectivity index (χ3v) is 3.79. The number of β-amino-alcohol motifs (C(OH)–C–C–N with tert-alkyl or cyclic N) is 1. The summed E-state index contributed by atoms with van der Waals surface area (Å²) >= 11 is 0. The zero-order valence-corrected chi connectivity index (χ0v) is 12.7. The first-order valence-corrected chi connectivity index (χ1v) is 7.72. The number of aliphatic hydroxyl groups excluding tert-OH is 1. The van der Waals surface area contributed by atoms with Crippen LogP contribution in [0.3, 0.4) is 0 Å². The zero-order valence-electron chi connectivity index (χ0n) is 12.7. The summed E-state index contributed by atoms with van der Waals surface area (Å²) in [5.41, 5.74) is 0.998. The number of carbonyl (C=O) groups is 1. The van der Waals surface area contributed by atoms with Crippen molar-refractivity contribution >= 4 is 5.91 Å². The Hall–Kier alpha value is -2.37. The summed E-state index contributed by atoms with van der Waals surface area (Å²) < 4.78 is 5.73. The molecule has 0 bridgehead atoms. The van der Waals surface area contributed by atoms with Gasteiger partial charge in [0.25, 0.3) is 0 Å². The van der Waals surface area contributed by atoms with Crippen LogP contribution < -0.4 is 15.4 Å². The Morgan fingerprint density at radius 2 is 1.83 bits per heavy atom. The molecule has 5 nitrogen and oxygen atoms in total. The monoisotopic (exact) mass is 312 g/mol. The van der Waals surface area contributed by atoms with Crippen molar-refractivity contribution in [1.29, 1.82) is 0 Å². The normalized spacial score (nSPS) is 20.2. The van der Waals surface area contributed by atoms with Gasteiger partial charge in [-0.3, -0.25) is 4.79 Å². The highest BCUT2D eigenvalue weighted by Gasteiger charge is 2.27. The molecule has 5 heteroatoms. The Kier molecular flexibility index (Phi) is 4.90. The molecule has 1 fully saturated rings. The molecule has 0 aliphatic carbocycles. The molecule has 1 saturated heterocycles. The van der Waals surface area contributed by atoms with E-state index < -0.39 is 6.10 Å². The smallest absolute Gasteiger partial charge is 0.237 e. The average molecular weight is 312 g/mol. The largest absolute Gasteiger partial charge is 0.457 e. The topological polar surface area (TPSA) is 70.6 Å². The van der Waals surface area contributed by atoms with Gasteiger partial charge in [-0.05, 0) is 36.2 Å². The van der Waals surface area contributed by atoms with Gasteiger partial charge in [0.15, 0.2) is 0 Å². The molecule has 23 heavy (non-hydrogen) atoms. The van der Waals surface area contributed by atoms with Crippen LogP contribution in [0.4, 0.5) is 0 Å². The second-order valence-corrected chi connectivity index (χ2v) is 5.63. The summed E-state index contributed by atoms with van der Waals surface area (Å²) in [5, 5.41) is 15.3. The Morgan fingerprint density at radius 1 is 1.13 bits per heavy atom. The molecular formula is C18H20N2O3. The molecule has 3 rings (SSSR count). The highest BCUT2D eigenvalue weighted by molar-refractivity contribution is 5.82. The number of aliphatic hydroxyl groups is 1. The van der Waals surface area contributed by atoms with Crippen molar-refractivity contribution in [3.8, 4) is 11.5 Å². The predicted molar refractivity (Wildman–Crippen MR) is 87.2 cm³/mol. The second-order valence-electron chi connectivity index (χ2n) is 5.63. The predicted octanol–water partition coefficient (Wildman–Crippen LogP) is 1.82. The minimum absolute atomic E-state index is 0.0776. The molecule has 2 unspecified atom stereocenters. The number of hydrogen-bond acceptors (Lipinski definition) is 4. The van der Waals surface area contributed by atoms with Crippen molar-refractivity contribution in [2.45, 2.75) is 25.1 Å². The standard InChI is InChI=1S/C18H20N2O3/c21-14-10-17(19-12-14)18(22)20-11-13-6-8-16(9-7-13)23-15-4-2-1-3-5-15/h1-9,14,17,19,21H,10-12H2,(H,20,22). The van der Waals surface area contributed by atoms with Gasteiger partial charge in [0.2, 0.25) is 5.91 Å². The molecule has 1 aliphatic rings. The summed E-state index contributed by atoms with van der Waals surface area (Å²) in [6.45, 7) is 0.933. The second kappa shape index (κ2) is 7.26. The molecule has 1 aliphatic heterocycles. The molecule has 2 aromatic carbocycles. The van der Waals surface area contributed by atoms with E-state index in [1.807, 2.05) is 54.6 Å². The first-order valence-electron chi connectivity index (χ1n) is 7.72. The van der Waals surface area contributed by atoms with Crippen molar-refractivity contribution < 1.29 is 14.6 Å². The van der Waals surface area contributed by atoms with E-state index in [0.29, 0.717) is 19.5 Å². The highest BCUT2D eigenvalue weighted by atomic mass is 16.5. The van der Waals surface area contributed by atoms with Crippen LogP contribution in [-0.2, 0) is 11.3 Å². The Bertz CT molecular complexity index is 643. The van der Waals surface area contributed by atoms with E-state index in [1.165, 1.54) is 0 Å². The van der Waals surface area contributed by atoms with Gasteiger partial charge < -0.3 is 20.5 Å².